The van der Waals surface area contributed by atoms with Crippen molar-refractivity contribution in [1.29, 1.82) is 0 Å². The zero-order valence-corrected chi connectivity index (χ0v) is 24.4. The van der Waals surface area contributed by atoms with Gasteiger partial charge in [-0.05, 0) is 43.4 Å². The minimum atomic E-state index is -1.53. The summed E-state index contributed by atoms with van der Waals surface area (Å²) in [5.41, 5.74) is 0.929. The van der Waals surface area contributed by atoms with Crippen LogP contribution in [0.25, 0.3) is 10.9 Å². The van der Waals surface area contributed by atoms with Crippen molar-refractivity contribution in [3.63, 3.8) is 0 Å². The third-order valence-electron chi connectivity index (χ3n) is 6.97. The van der Waals surface area contributed by atoms with E-state index in [2.05, 4.69) is 25.7 Å². The van der Waals surface area contributed by atoms with E-state index >= 15 is 0 Å². The number of H-pyrrole nitrogens is 1. The Morgan fingerprint density at radius 1 is 1.14 bits per heavy atom. The quantitative estimate of drug-likeness (QED) is 0.145. The van der Waals surface area contributed by atoms with Crippen molar-refractivity contribution in [2.75, 3.05) is 20.3 Å². The lowest BCUT2D eigenvalue weighted by atomic mass is 9.95. The van der Waals surface area contributed by atoms with Gasteiger partial charge >= 0.3 is 6.16 Å². The zero-order chi connectivity index (χ0) is 30.8. The lowest BCUT2D eigenvalue weighted by Crippen LogP contribution is -2.53. The van der Waals surface area contributed by atoms with E-state index in [4.69, 9.17) is 14.6 Å². The first-order chi connectivity index (χ1) is 20.0. The number of fused-ring (bicyclic) bond motifs is 1. The molecule has 1 aliphatic rings. The van der Waals surface area contributed by atoms with Crippen LogP contribution in [0.15, 0.2) is 24.3 Å². The summed E-state index contributed by atoms with van der Waals surface area (Å²) in [7, 11) is 1.53. The molecule has 42 heavy (non-hydrogen) atoms. The number of ketones is 1. The van der Waals surface area contributed by atoms with Gasteiger partial charge in [-0.25, -0.2) is 4.79 Å². The molecule has 0 unspecified atom stereocenters. The van der Waals surface area contributed by atoms with Gasteiger partial charge in [0, 0.05) is 29.8 Å². The summed E-state index contributed by atoms with van der Waals surface area (Å²) in [6.45, 7) is 5.53. The van der Waals surface area contributed by atoms with E-state index < -0.39 is 54.7 Å². The molecule has 0 aliphatic carbocycles. The molecule has 13 heteroatoms. The van der Waals surface area contributed by atoms with E-state index in [-0.39, 0.29) is 36.8 Å². The molecule has 0 radical (unpaired) electrons. The Morgan fingerprint density at radius 2 is 1.90 bits per heavy atom. The number of ether oxygens (including phenoxy) is 3. The third kappa shape index (κ3) is 8.93. The zero-order valence-electron chi connectivity index (χ0n) is 24.4. The minimum Gasteiger partial charge on any atom is -0.496 e. The molecule has 1 aromatic heterocycles. The molecule has 230 valence electrons. The van der Waals surface area contributed by atoms with Crippen molar-refractivity contribution < 1.29 is 43.3 Å². The number of hydrogen-bond donors (Lipinski definition) is 5. The fourth-order valence-electron chi connectivity index (χ4n) is 4.86. The van der Waals surface area contributed by atoms with Gasteiger partial charge in [-0.15, -0.1) is 0 Å². The summed E-state index contributed by atoms with van der Waals surface area (Å²) in [6, 6.07) is 4.92. The first-order valence-electron chi connectivity index (χ1n) is 14.1. The van der Waals surface area contributed by atoms with Crippen molar-refractivity contribution >= 4 is 40.6 Å². The molecule has 0 bridgehead atoms. The van der Waals surface area contributed by atoms with Gasteiger partial charge in [-0.3, -0.25) is 19.2 Å². The molecule has 2 aromatic rings. The number of rotatable bonds is 16. The second-order valence-corrected chi connectivity index (χ2v) is 10.7. The first kappa shape index (κ1) is 32.4. The summed E-state index contributed by atoms with van der Waals surface area (Å²) < 4.78 is 15.5. The SMILES string of the molecule is CCC[C@H](OCC(=O)[C@H](C[C@@H]1CCNC1=O)NC(=O)[C@H](CC(C)C)NC(=O)c1cc2c(OC)cccc2[nH]1)OC(=O)O. The second-order valence-electron chi connectivity index (χ2n) is 10.7. The van der Waals surface area contributed by atoms with Crippen LogP contribution in [0.3, 0.4) is 0 Å². The maximum Gasteiger partial charge on any atom is 0.508 e. The number of hydrogen-bond acceptors (Lipinski definition) is 8. The van der Waals surface area contributed by atoms with Gasteiger partial charge in [0.15, 0.2) is 5.78 Å². The Hall–Kier alpha value is -4.13. The van der Waals surface area contributed by atoms with Crippen molar-refractivity contribution in [1.82, 2.24) is 20.9 Å². The van der Waals surface area contributed by atoms with E-state index in [1.807, 2.05) is 13.8 Å². The van der Waals surface area contributed by atoms with Crippen LogP contribution in [0.5, 0.6) is 5.75 Å². The number of carbonyl (C=O) groups excluding carboxylic acids is 4. The van der Waals surface area contributed by atoms with E-state index in [0.717, 1.165) is 0 Å². The van der Waals surface area contributed by atoms with Gasteiger partial charge in [0.25, 0.3) is 5.91 Å². The Labute approximate surface area is 244 Å². The summed E-state index contributed by atoms with van der Waals surface area (Å²) in [6.07, 6.45) is -1.08. The molecule has 0 spiro atoms. The van der Waals surface area contributed by atoms with Crippen LogP contribution in [0.2, 0.25) is 0 Å². The molecule has 13 nitrogen and oxygen atoms in total. The second kappa shape index (κ2) is 15.2. The fourth-order valence-corrected chi connectivity index (χ4v) is 4.86. The van der Waals surface area contributed by atoms with Gasteiger partial charge < -0.3 is 40.3 Å². The van der Waals surface area contributed by atoms with E-state index in [0.29, 0.717) is 36.0 Å². The summed E-state index contributed by atoms with van der Waals surface area (Å²) >= 11 is 0. The van der Waals surface area contributed by atoms with Crippen LogP contribution in [0.4, 0.5) is 4.79 Å². The van der Waals surface area contributed by atoms with Gasteiger partial charge in [-0.1, -0.05) is 33.3 Å². The Bertz CT molecular complexity index is 1280. The Morgan fingerprint density at radius 3 is 2.52 bits per heavy atom. The van der Waals surface area contributed by atoms with E-state index in [1.165, 1.54) is 7.11 Å². The number of carboxylic acid groups (broad SMARTS) is 1. The highest BCUT2D eigenvalue weighted by molar-refractivity contribution is 6.02. The average molecular weight is 589 g/mol. The average Bonchev–Trinajstić information content (AvgIpc) is 3.56. The monoisotopic (exact) mass is 588 g/mol. The van der Waals surface area contributed by atoms with Crippen molar-refractivity contribution in [2.45, 2.75) is 71.2 Å². The molecular weight excluding hydrogens is 548 g/mol. The highest BCUT2D eigenvalue weighted by Crippen LogP contribution is 2.26. The normalized spacial score (nSPS) is 16.9. The van der Waals surface area contributed by atoms with Crippen LogP contribution < -0.4 is 20.7 Å². The minimum absolute atomic E-state index is 0.0184. The number of methoxy groups -OCH3 is 1. The smallest absolute Gasteiger partial charge is 0.496 e. The lowest BCUT2D eigenvalue weighted by molar-refractivity contribution is -0.148. The molecule has 5 N–H and O–H groups in total. The molecular formula is C29H40N4O9. The standard InChI is InChI=1S/C29H40N4O9/c1-5-7-25(42-29(38)39)41-15-23(34)20(13-17-10-11-30-26(17)35)32-27(36)21(12-16(2)3)33-28(37)22-14-18-19(31-22)8-6-9-24(18)40-4/h6,8-9,14,16-17,20-21,25,31H,5,7,10-13,15H2,1-4H3,(H,30,35)(H,32,36)(H,33,37)(H,38,39)/t17-,20-,21-,25+/m0/s1. The molecule has 4 atom stereocenters. The van der Waals surface area contributed by atoms with Gasteiger partial charge in [-0.2, -0.15) is 0 Å². The lowest BCUT2D eigenvalue weighted by Gasteiger charge is -2.25. The molecule has 1 aromatic carbocycles. The van der Waals surface area contributed by atoms with Crippen LogP contribution >= 0.6 is 0 Å². The van der Waals surface area contributed by atoms with E-state index in [1.54, 1.807) is 31.2 Å². The molecule has 0 saturated carbocycles. The number of nitrogens with one attached hydrogen (secondary N) is 4. The van der Waals surface area contributed by atoms with Crippen molar-refractivity contribution in [2.24, 2.45) is 11.8 Å². The molecule has 1 aliphatic heterocycles. The number of aromatic nitrogens is 1. The topological polar surface area (TPSA) is 185 Å². The molecule has 3 amide bonds. The maximum absolute atomic E-state index is 13.5. The highest BCUT2D eigenvalue weighted by atomic mass is 16.8. The van der Waals surface area contributed by atoms with Crippen LogP contribution in [-0.2, 0) is 23.9 Å². The predicted octanol–water partition coefficient (Wildman–Crippen LogP) is 2.74. The van der Waals surface area contributed by atoms with Gasteiger partial charge in [0.05, 0.1) is 13.2 Å². The molecule has 1 saturated heterocycles. The summed E-state index contributed by atoms with van der Waals surface area (Å²) in [4.78, 5) is 66.3. The fraction of sp³-hybridized carbons (Fsp3) is 0.552. The molecule has 3 rings (SSSR count). The predicted molar refractivity (Wildman–Crippen MR) is 152 cm³/mol. The number of amides is 3. The Balaban J connectivity index is 1.76. The first-order valence-corrected chi connectivity index (χ1v) is 14.1. The Kier molecular flexibility index (Phi) is 11.7. The number of Topliss-reactive ketones (excluding diaryl/α,β-unsaturated/α-hetero) is 1. The molecule has 1 fully saturated rings. The maximum atomic E-state index is 13.5. The van der Waals surface area contributed by atoms with Gasteiger partial charge in [0.1, 0.15) is 24.1 Å². The van der Waals surface area contributed by atoms with Crippen molar-refractivity contribution in [3.05, 3.63) is 30.0 Å². The highest BCUT2D eigenvalue weighted by Gasteiger charge is 2.34. The van der Waals surface area contributed by atoms with Crippen molar-refractivity contribution in [3.8, 4) is 5.75 Å². The van der Waals surface area contributed by atoms with Gasteiger partial charge in [0.2, 0.25) is 18.1 Å². The largest absolute Gasteiger partial charge is 0.508 e. The summed E-state index contributed by atoms with van der Waals surface area (Å²) in [5, 5.41) is 17.9. The van der Waals surface area contributed by atoms with Crippen LogP contribution in [0.1, 0.15) is 63.4 Å². The van der Waals surface area contributed by atoms with Crippen LogP contribution in [0, 0.1) is 11.8 Å². The summed E-state index contributed by atoms with van der Waals surface area (Å²) in [5.74, 6) is -1.75. The van der Waals surface area contributed by atoms with Crippen LogP contribution in [-0.4, -0.2) is 78.4 Å². The third-order valence-corrected chi connectivity index (χ3v) is 6.97. The molecule has 2 heterocycles. The number of carbonyl (C=O) groups is 5. The number of aromatic amines is 1. The van der Waals surface area contributed by atoms with E-state index in [9.17, 15) is 24.0 Å². The number of benzene rings is 1.